The summed E-state index contributed by atoms with van der Waals surface area (Å²) < 4.78 is 5.65. The summed E-state index contributed by atoms with van der Waals surface area (Å²) in [5.41, 5.74) is 4.90. The van der Waals surface area contributed by atoms with Crippen molar-refractivity contribution in [3.63, 3.8) is 0 Å². The number of amides is 1. The first-order valence-corrected chi connectivity index (χ1v) is 10.3. The molecule has 0 bridgehead atoms. The van der Waals surface area contributed by atoms with E-state index in [0.29, 0.717) is 21.9 Å². The van der Waals surface area contributed by atoms with Gasteiger partial charge in [-0.1, -0.05) is 71.8 Å². The number of hydrogen-bond acceptors (Lipinski definition) is 4. The summed E-state index contributed by atoms with van der Waals surface area (Å²) >= 11 is 6.13. The Morgan fingerprint density at radius 2 is 1.62 bits per heavy atom. The number of carbonyl (C=O) groups is 2. The molecule has 1 amide bonds. The summed E-state index contributed by atoms with van der Waals surface area (Å²) in [4.78, 5) is 25.1. The molecule has 0 radical (unpaired) electrons. The molecule has 4 aromatic rings. The maximum Gasteiger partial charge on any atom is 0.345 e. The van der Waals surface area contributed by atoms with E-state index in [2.05, 4.69) is 10.5 Å². The first-order valence-electron chi connectivity index (χ1n) is 9.91. The highest BCUT2D eigenvalue weighted by atomic mass is 35.5. The molecule has 158 valence electrons. The van der Waals surface area contributed by atoms with E-state index < -0.39 is 5.97 Å². The minimum absolute atomic E-state index is 0.262. The highest BCUT2D eigenvalue weighted by Gasteiger charge is 2.16. The largest absolute Gasteiger partial charge is 0.422 e. The van der Waals surface area contributed by atoms with Crippen LogP contribution in [0.2, 0.25) is 5.02 Å². The molecule has 32 heavy (non-hydrogen) atoms. The number of halogens is 1. The number of hydrogen-bond donors (Lipinski definition) is 1. The Morgan fingerprint density at radius 3 is 2.41 bits per heavy atom. The van der Waals surface area contributed by atoms with Crippen molar-refractivity contribution in [1.29, 1.82) is 0 Å². The van der Waals surface area contributed by atoms with Gasteiger partial charge in [0.1, 0.15) is 5.75 Å². The number of esters is 1. The third-order valence-electron chi connectivity index (χ3n) is 4.90. The lowest BCUT2D eigenvalue weighted by atomic mass is 10.0. The number of benzene rings is 4. The van der Waals surface area contributed by atoms with Gasteiger partial charge in [-0.2, -0.15) is 5.10 Å². The fourth-order valence-electron chi connectivity index (χ4n) is 3.20. The van der Waals surface area contributed by atoms with Gasteiger partial charge in [0.25, 0.3) is 5.91 Å². The zero-order chi connectivity index (χ0) is 22.5. The normalized spacial score (nSPS) is 10.9. The summed E-state index contributed by atoms with van der Waals surface area (Å²) in [6.45, 7) is 1.95. The van der Waals surface area contributed by atoms with Crippen molar-refractivity contribution in [3.8, 4) is 5.75 Å². The molecule has 0 aliphatic carbocycles. The molecule has 0 aliphatic rings. The summed E-state index contributed by atoms with van der Waals surface area (Å²) in [7, 11) is 0. The van der Waals surface area contributed by atoms with Crippen LogP contribution in [0.1, 0.15) is 31.8 Å². The predicted molar refractivity (Wildman–Crippen MR) is 127 cm³/mol. The van der Waals surface area contributed by atoms with E-state index in [4.69, 9.17) is 16.3 Å². The van der Waals surface area contributed by atoms with Crippen LogP contribution in [-0.2, 0) is 0 Å². The van der Waals surface area contributed by atoms with Crippen LogP contribution in [0.25, 0.3) is 10.8 Å². The fraction of sp³-hybridized carbons (Fsp3) is 0.0385. The maximum atomic E-state index is 12.7. The number of rotatable bonds is 5. The molecule has 0 spiro atoms. The number of aryl methyl sites for hydroxylation is 1. The molecule has 0 atom stereocenters. The van der Waals surface area contributed by atoms with Crippen molar-refractivity contribution in [2.24, 2.45) is 5.10 Å². The smallest absolute Gasteiger partial charge is 0.345 e. The quantitative estimate of drug-likeness (QED) is 0.184. The van der Waals surface area contributed by atoms with Gasteiger partial charge < -0.3 is 4.74 Å². The van der Waals surface area contributed by atoms with Gasteiger partial charge in [-0.05, 0) is 48.0 Å². The van der Waals surface area contributed by atoms with Crippen molar-refractivity contribution >= 4 is 40.5 Å². The first-order chi connectivity index (χ1) is 15.5. The Balaban J connectivity index is 1.63. The van der Waals surface area contributed by atoms with Gasteiger partial charge in [0.05, 0.1) is 16.8 Å². The topological polar surface area (TPSA) is 67.8 Å². The van der Waals surface area contributed by atoms with E-state index in [1.807, 2.05) is 49.4 Å². The Bertz CT molecular complexity index is 1330. The molecule has 0 aliphatic heterocycles. The number of hydrazone groups is 1. The van der Waals surface area contributed by atoms with Gasteiger partial charge in [-0.3, -0.25) is 4.79 Å². The Hall–Kier alpha value is -3.96. The zero-order valence-corrected chi connectivity index (χ0v) is 18.0. The van der Waals surface area contributed by atoms with Crippen LogP contribution in [0.3, 0.4) is 0 Å². The summed E-state index contributed by atoms with van der Waals surface area (Å²) in [5.74, 6) is -0.609. The van der Waals surface area contributed by atoms with Crippen LogP contribution in [0.15, 0.2) is 90.0 Å². The van der Waals surface area contributed by atoms with E-state index in [-0.39, 0.29) is 11.5 Å². The second-order valence-corrected chi connectivity index (χ2v) is 7.54. The van der Waals surface area contributed by atoms with Crippen molar-refractivity contribution in [2.75, 3.05) is 0 Å². The van der Waals surface area contributed by atoms with E-state index in [1.54, 1.807) is 42.5 Å². The van der Waals surface area contributed by atoms with Gasteiger partial charge in [-0.15, -0.1) is 0 Å². The van der Waals surface area contributed by atoms with Crippen molar-refractivity contribution < 1.29 is 14.3 Å². The fourth-order valence-corrected chi connectivity index (χ4v) is 3.42. The standard InChI is InChI=1S/C26H19ClN2O3/c1-17-10-12-19(13-11-17)25(30)29-28-16-22-20-7-3-2-6-18(20)14-15-24(22)32-26(31)21-8-4-5-9-23(21)27/h2-16H,1H3,(H,29,30)/b28-16+. The summed E-state index contributed by atoms with van der Waals surface area (Å²) in [6.07, 6.45) is 1.48. The highest BCUT2D eigenvalue weighted by molar-refractivity contribution is 6.33. The van der Waals surface area contributed by atoms with Crippen LogP contribution >= 0.6 is 11.6 Å². The van der Waals surface area contributed by atoms with Crippen molar-refractivity contribution in [3.05, 3.63) is 112 Å². The predicted octanol–water partition coefficient (Wildman–Crippen LogP) is 5.78. The van der Waals surface area contributed by atoms with Gasteiger partial charge in [0.15, 0.2) is 0 Å². The second-order valence-electron chi connectivity index (χ2n) is 7.13. The van der Waals surface area contributed by atoms with Gasteiger partial charge in [-0.25, -0.2) is 10.2 Å². The molecule has 0 saturated carbocycles. The number of nitrogens with one attached hydrogen (secondary N) is 1. The van der Waals surface area contributed by atoms with E-state index >= 15 is 0 Å². The number of ether oxygens (including phenoxy) is 1. The lowest BCUT2D eigenvalue weighted by Crippen LogP contribution is -2.17. The Morgan fingerprint density at radius 1 is 0.906 bits per heavy atom. The summed E-state index contributed by atoms with van der Waals surface area (Å²) in [6, 6.07) is 25.0. The van der Waals surface area contributed by atoms with Crippen molar-refractivity contribution in [1.82, 2.24) is 5.43 Å². The number of fused-ring (bicyclic) bond motifs is 1. The summed E-state index contributed by atoms with van der Waals surface area (Å²) in [5, 5.41) is 6.18. The van der Waals surface area contributed by atoms with E-state index in [0.717, 1.165) is 16.3 Å². The van der Waals surface area contributed by atoms with E-state index in [9.17, 15) is 9.59 Å². The maximum absolute atomic E-state index is 12.7. The molecular formula is C26H19ClN2O3. The molecule has 0 heterocycles. The van der Waals surface area contributed by atoms with Crippen LogP contribution in [0.5, 0.6) is 5.75 Å². The molecule has 0 fully saturated rings. The second kappa shape index (κ2) is 9.45. The number of carbonyl (C=O) groups excluding carboxylic acids is 2. The highest BCUT2D eigenvalue weighted by Crippen LogP contribution is 2.28. The third kappa shape index (κ3) is 4.68. The minimum atomic E-state index is -0.579. The molecule has 4 aromatic carbocycles. The van der Waals surface area contributed by atoms with Crippen LogP contribution in [-0.4, -0.2) is 18.1 Å². The molecular weight excluding hydrogens is 424 g/mol. The number of nitrogens with zero attached hydrogens (tertiary/aromatic N) is 1. The average molecular weight is 443 g/mol. The lowest BCUT2D eigenvalue weighted by molar-refractivity contribution is 0.0734. The molecule has 0 unspecified atom stereocenters. The van der Waals surface area contributed by atoms with Crippen LogP contribution in [0.4, 0.5) is 0 Å². The van der Waals surface area contributed by atoms with Gasteiger partial charge in [0.2, 0.25) is 0 Å². The molecule has 1 N–H and O–H groups in total. The Labute approximate surface area is 190 Å². The monoisotopic (exact) mass is 442 g/mol. The SMILES string of the molecule is Cc1ccc(C(=O)N/N=C/c2c(OC(=O)c3ccccc3Cl)ccc3ccccc23)cc1. The van der Waals surface area contributed by atoms with Crippen LogP contribution in [0, 0.1) is 6.92 Å². The minimum Gasteiger partial charge on any atom is -0.422 e. The molecule has 0 aromatic heterocycles. The van der Waals surface area contributed by atoms with E-state index in [1.165, 1.54) is 6.21 Å². The van der Waals surface area contributed by atoms with Gasteiger partial charge >= 0.3 is 5.97 Å². The van der Waals surface area contributed by atoms with Gasteiger partial charge in [0, 0.05) is 11.1 Å². The first kappa shape index (κ1) is 21.3. The molecule has 0 saturated heterocycles. The third-order valence-corrected chi connectivity index (χ3v) is 5.23. The lowest BCUT2D eigenvalue weighted by Gasteiger charge is -2.11. The van der Waals surface area contributed by atoms with Crippen LogP contribution < -0.4 is 10.2 Å². The molecule has 6 heteroatoms. The van der Waals surface area contributed by atoms with Crippen molar-refractivity contribution in [2.45, 2.75) is 6.92 Å². The average Bonchev–Trinajstić information content (AvgIpc) is 2.80. The Kier molecular flexibility index (Phi) is 6.29. The molecule has 4 rings (SSSR count). The molecule has 5 nitrogen and oxygen atoms in total. The zero-order valence-electron chi connectivity index (χ0n) is 17.2.